The van der Waals surface area contributed by atoms with E-state index in [1.807, 2.05) is 67.6 Å². The maximum absolute atomic E-state index is 12.0. The minimum absolute atomic E-state index is 0.425. The molecule has 7 heteroatoms. The number of halogens is 1. The average molecular weight is 468 g/mol. The van der Waals surface area contributed by atoms with Gasteiger partial charge in [-0.2, -0.15) is 5.10 Å². The molecule has 0 bridgehead atoms. The Morgan fingerprint density at radius 1 is 1.07 bits per heavy atom. The number of anilines is 1. The normalized spacial score (nSPS) is 10.6. The van der Waals surface area contributed by atoms with Crippen LogP contribution in [0.15, 0.2) is 76.3 Å². The number of urea groups is 1. The Labute approximate surface area is 184 Å². The van der Waals surface area contributed by atoms with Crippen LogP contribution in [0, 0.1) is 6.92 Å². The molecule has 0 aliphatic carbocycles. The lowest BCUT2D eigenvalue weighted by molar-refractivity contribution is 0.252. The Kier molecular flexibility index (Phi) is 7.45. The molecule has 30 heavy (non-hydrogen) atoms. The Morgan fingerprint density at radius 2 is 1.80 bits per heavy atom. The fourth-order valence-electron chi connectivity index (χ4n) is 2.68. The summed E-state index contributed by atoms with van der Waals surface area (Å²) in [5, 5.41) is 6.77. The molecule has 0 saturated heterocycles. The highest BCUT2D eigenvalue weighted by Crippen LogP contribution is 2.33. The Balaban J connectivity index is 1.64. The average Bonchev–Trinajstić information content (AvgIpc) is 2.76. The number of carbonyl (C=O) groups is 1. The van der Waals surface area contributed by atoms with Crippen LogP contribution in [0.25, 0.3) is 0 Å². The molecule has 2 amide bonds. The number of hydrazone groups is 1. The molecule has 0 fully saturated rings. The summed E-state index contributed by atoms with van der Waals surface area (Å²) in [5.74, 6) is 1.18. The van der Waals surface area contributed by atoms with Gasteiger partial charge in [0, 0.05) is 15.7 Å². The van der Waals surface area contributed by atoms with E-state index in [4.69, 9.17) is 9.47 Å². The lowest BCUT2D eigenvalue weighted by atomic mass is 10.2. The zero-order valence-electron chi connectivity index (χ0n) is 16.7. The molecule has 2 N–H and O–H groups in total. The van der Waals surface area contributed by atoms with Gasteiger partial charge in [0.1, 0.15) is 6.61 Å². The molecule has 0 spiro atoms. The van der Waals surface area contributed by atoms with Crippen LogP contribution < -0.4 is 20.2 Å². The van der Waals surface area contributed by atoms with Gasteiger partial charge in [-0.1, -0.05) is 48.5 Å². The number of hydrogen-bond donors (Lipinski definition) is 2. The SMILES string of the molecule is COc1cc(C=NNC(=O)Nc2ccccc2C)c(Br)cc1OCc1ccccc1. The van der Waals surface area contributed by atoms with Crippen molar-refractivity contribution in [2.24, 2.45) is 5.10 Å². The number of methoxy groups -OCH3 is 1. The number of para-hydroxylation sites is 1. The highest BCUT2D eigenvalue weighted by molar-refractivity contribution is 9.10. The molecule has 0 heterocycles. The van der Waals surface area contributed by atoms with Crippen LogP contribution in [-0.4, -0.2) is 19.4 Å². The third-order valence-electron chi connectivity index (χ3n) is 4.28. The predicted octanol–water partition coefficient (Wildman–Crippen LogP) is 5.50. The Morgan fingerprint density at radius 3 is 2.53 bits per heavy atom. The van der Waals surface area contributed by atoms with Crippen molar-refractivity contribution < 1.29 is 14.3 Å². The zero-order valence-corrected chi connectivity index (χ0v) is 18.3. The molecule has 3 aromatic rings. The standard InChI is InChI=1S/C23H22BrN3O3/c1-16-8-6-7-11-20(16)26-23(28)27-25-14-18-12-21(29-2)22(13-19(18)24)30-15-17-9-4-3-5-10-17/h3-14H,15H2,1-2H3,(H2,26,27,28). The molecule has 3 rings (SSSR count). The van der Waals surface area contributed by atoms with Gasteiger partial charge in [-0.15, -0.1) is 0 Å². The molecule has 154 valence electrons. The highest BCUT2D eigenvalue weighted by atomic mass is 79.9. The van der Waals surface area contributed by atoms with E-state index in [-0.39, 0.29) is 0 Å². The molecule has 6 nitrogen and oxygen atoms in total. The molecule has 3 aromatic carbocycles. The minimum atomic E-state index is -0.425. The second-order valence-corrected chi connectivity index (χ2v) is 7.29. The number of nitrogens with zero attached hydrogens (tertiary/aromatic N) is 1. The van der Waals surface area contributed by atoms with Crippen molar-refractivity contribution >= 4 is 33.9 Å². The van der Waals surface area contributed by atoms with Gasteiger partial charge in [-0.05, 0) is 52.2 Å². The van der Waals surface area contributed by atoms with Gasteiger partial charge in [0.15, 0.2) is 11.5 Å². The molecule has 0 aromatic heterocycles. The largest absolute Gasteiger partial charge is 0.493 e. The summed E-state index contributed by atoms with van der Waals surface area (Å²) in [6.45, 7) is 2.35. The van der Waals surface area contributed by atoms with E-state index >= 15 is 0 Å². The fraction of sp³-hybridized carbons (Fsp3) is 0.130. The van der Waals surface area contributed by atoms with Crippen LogP contribution in [0.2, 0.25) is 0 Å². The second-order valence-electron chi connectivity index (χ2n) is 6.44. The minimum Gasteiger partial charge on any atom is -0.493 e. The molecule has 0 saturated carbocycles. The lowest BCUT2D eigenvalue weighted by Gasteiger charge is -2.13. The number of aryl methyl sites for hydroxylation is 1. The van der Waals surface area contributed by atoms with Gasteiger partial charge in [-0.3, -0.25) is 0 Å². The third-order valence-corrected chi connectivity index (χ3v) is 4.97. The molecular weight excluding hydrogens is 446 g/mol. The first-order valence-electron chi connectivity index (χ1n) is 9.27. The maximum Gasteiger partial charge on any atom is 0.339 e. The number of nitrogens with one attached hydrogen (secondary N) is 2. The van der Waals surface area contributed by atoms with Gasteiger partial charge >= 0.3 is 6.03 Å². The number of amides is 2. The first kappa shape index (κ1) is 21.4. The van der Waals surface area contributed by atoms with Crippen molar-refractivity contribution in [3.8, 4) is 11.5 Å². The zero-order chi connectivity index (χ0) is 21.3. The van der Waals surface area contributed by atoms with Crippen LogP contribution in [0.4, 0.5) is 10.5 Å². The van der Waals surface area contributed by atoms with Gasteiger partial charge in [0.2, 0.25) is 0 Å². The highest BCUT2D eigenvalue weighted by Gasteiger charge is 2.10. The van der Waals surface area contributed by atoms with Crippen LogP contribution in [0.3, 0.4) is 0 Å². The summed E-state index contributed by atoms with van der Waals surface area (Å²) in [6.07, 6.45) is 1.53. The van der Waals surface area contributed by atoms with Crippen molar-refractivity contribution in [3.63, 3.8) is 0 Å². The smallest absolute Gasteiger partial charge is 0.339 e. The van der Waals surface area contributed by atoms with Gasteiger partial charge < -0.3 is 14.8 Å². The van der Waals surface area contributed by atoms with Crippen molar-refractivity contribution in [1.29, 1.82) is 0 Å². The summed E-state index contributed by atoms with van der Waals surface area (Å²) < 4.78 is 12.1. The number of rotatable bonds is 7. The monoisotopic (exact) mass is 467 g/mol. The summed E-state index contributed by atoms with van der Waals surface area (Å²) in [4.78, 5) is 12.0. The first-order valence-corrected chi connectivity index (χ1v) is 10.1. The van der Waals surface area contributed by atoms with Crippen LogP contribution in [-0.2, 0) is 6.61 Å². The van der Waals surface area contributed by atoms with Crippen LogP contribution in [0.5, 0.6) is 11.5 Å². The number of benzene rings is 3. The molecule has 0 atom stereocenters. The maximum atomic E-state index is 12.0. The Bertz CT molecular complexity index is 1040. The lowest BCUT2D eigenvalue weighted by Crippen LogP contribution is -2.24. The quantitative estimate of drug-likeness (QED) is 0.355. The van der Waals surface area contributed by atoms with E-state index in [0.717, 1.165) is 26.9 Å². The third kappa shape index (κ3) is 5.84. The molecule has 0 radical (unpaired) electrons. The molecule has 0 aliphatic heterocycles. The van der Waals surface area contributed by atoms with E-state index in [2.05, 4.69) is 31.8 Å². The number of ether oxygens (including phenoxy) is 2. The molecule has 0 aliphatic rings. The van der Waals surface area contributed by atoms with E-state index in [9.17, 15) is 4.79 Å². The van der Waals surface area contributed by atoms with Gasteiger partial charge in [0.05, 0.1) is 13.3 Å². The van der Waals surface area contributed by atoms with Gasteiger partial charge in [-0.25, -0.2) is 10.2 Å². The van der Waals surface area contributed by atoms with Crippen molar-refractivity contribution in [3.05, 3.63) is 87.9 Å². The van der Waals surface area contributed by atoms with Crippen molar-refractivity contribution in [1.82, 2.24) is 5.43 Å². The van der Waals surface area contributed by atoms with E-state index in [1.165, 1.54) is 6.21 Å². The number of hydrogen-bond acceptors (Lipinski definition) is 4. The second kappa shape index (κ2) is 10.5. The van der Waals surface area contributed by atoms with E-state index in [1.54, 1.807) is 13.2 Å². The molecule has 0 unspecified atom stereocenters. The number of carbonyl (C=O) groups excluding carboxylic acids is 1. The van der Waals surface area contributed by atoms with Gasteiger partial charge in [0.25, 0.3) is 0 Å². The van der Waals surface area contributed by atoms with E-state index in [0.29, 0.717) is 18.1 Å². The summed E-state index contributed by atoms with van der Waals surface area (Å²) >= 11 is 3.51. The predicted molar refractivity (Wildman–Crippen MR) is 122 cm³/mol. The van der Waals surface area contributed by atoms with E-state index < -0.39 is 6.03 Å². The topological polar surface area (TPSA) is 72.0 Å². The summed E-state index contributed by atoms with van der Waals surface area (Å²) in [7, 11) is 1.58. The van der Waals surface area contributed by atoms with Crippen molar-refractivity contribution in [2.75, 3.05) is 12.4 Å². The van der Waals surface area contributed by atoms with Crippen molar-refractivity contribution in [2.45, 2.75) is 13.5 Å². The summed E-state index contributed by atoms with van der Waals surface area (Å²) in [6, 6.07) is 20.6. The van der Waals surface area contributed by atoms with Crippen LogP contribution >= 0.6 is 15.9 Å². The van der Waals surface area contributed by atoms with Crippen LogP contribution in [0.1, 0.15) is 16.7 Å². The first-order chi connectivity index (χ1) is 14.6. The molecular formula is C23H22BrN3O3. The Hall–Kier alpha value is -3.32. The summed E-state index contributed by atoms with van der Waals surface area (Å²) in [5.41, 5.74) is 5.95. The fourth-order valence-corrected chi connectivity index (χ4v) is 3.11.